The first-order chi connectivity index (χ1) is 20.1. The van der Waals surface area contributed by atoms with E-state index in [0.29, 0.717) is 57.4 Å². The highest BCUT2D eigenvalue weighted by Crippen LogP contribution is 2.19. The maximum atomic E-state index is 13.6. The van der Waals surface area contributed by atoms with Crippen molar-refractivity contribution in [2.75, 3.05) is 20.2 Å². The van der Waals surface area contributed by atoms with E-state index in [1.54, 1.807) is 32.9 Å². The van der Waals surface area contributed by atoms with E-state index in [2.05, 4.69) is 16.0 Å². The zero-order valence-corrected chi connectivity index (χ0v) is 26.9. The number of methoxy groups -OCH3 is 1. The van der Waals surface area contributed by atoms with E-state index >= 15 is 0 Å². The predicted octanol–water partition coefficient (Wildman–Crippen LogP) is 2.70. The number of benzene rings is 1. The molecule has 43 heavy (non-hydrogen) atoms. The van der Waals surface area contributed by atoms with Gasteiger partial charge in [0, 0.05) is 6.42 Å². The second-order valence-electron chi connectivity index (χ2n) is 12.5. The molecule has 12 heteroatoms. The molecule has 0 radical (unpaired) electrons. The number of alkyl carbamates (subject to hydrolysis) is 1. The van der Waals surface area contributed by atoms with Crippen LogP contribution in [0, 0.1) is 0 Å². The van der Waals surface area contributed by atoms with Crippen molar-refractivity contribution in [3.05, 3.63) is 29.8 Å². The summed E-state index contributed by atoms with van der Waals surface area (Å²) < 4.78 is 16.1. The number of hydrogen-bond donors (Lipinski definition) is 5. The summed E-state index contributed by atoms with van der Waals surface area (Å²) in [6.45, 7) is 11.9. The number of esters is 1. The van der Waals surface area contributed by atoms with E-state index in [4.69, 9.17) is 25.7 Å². The molecule has 0 aliphatic carbocycles. The van der Waals surface area contributed by atoms with Crippen LogP contribution in [0.1, 0.15) is 85.6 Å². The molecule has 1 rings (SSSR count). The van der Waals surface area contributed by atoms with Crippen LogP contribution in [0.2, 0.25) is 0 Å². The van der Waals surface area contributed by atoms with Gasteiger partial charge < -0.3 is 41.6 Å². The standard InChI is InChI=1S/C31H53N5O7/c1-30(2,3)42-22-16-14-21(15-17-22)20-25(27(38)34-24(28(39)41-7)13-9-11-19-33)35-26(37)23(12-8-10-18-32)36-29(40)43-31(4,5)6/h14-17,23-25H,8-13,18-20,32-33H2,1-7H3,(H,34,38)(H,35,37)(H,36,40)/t23-,24-,25-/m0/s1. The van der Waals surface area contributed by atoms with Gasteiger partial charge in [0.05, 0.1) is 7.11 Å². The fourth-order valence-corrected chi connectivity index (χ4v) is 4.13. The van der Waals surface area contributed by atoms with Crippen LogP contribution in [-0.2, 0) is 30.3 Å². The molecule has 0 saturated carbocycles. The highest BCUT2D eigenvalue weighted by atomic mass is 16.6. The van der Waals surface area contributed by atoms with Crippen LogP contribution >= 0.6 is 0 Å². The Morgan fingerprint density at radius 1 is 0.721 bits per heavy atom. The van der Waals surface area contributed by atoms with Crippen molar-refractivity contribution in [2.45, 2.75) is 116 Å². The molecular weight excluding hydrogens is 554 g/mol. The fourth-order valence-electron chi connectivity index (χ4n) is 4.13. The molecule has 0 aromatic heterocycles. The van der Waals surface area contributed by atoms with Crippen LogP contribution in [0.3, 0.4) is 0 Å². The van der Waals surface area contributed by atoms with E-state index in [1.807, 2.05) is 32.9 Å². The minimum atomic E-state index is -1.07. The molecule has 0 bridgehead atoms. The minimum absolute atomic E-state index is 0.117. The summed E-state index contributed by atoms with van der Waals surface area (Å²) in [5.41, 5.74) is 10.8. The molecule has 0 heterocycles. The van der Waals surface area contributed by atoms with Gasteiger partial charge in [0.15, 0.2) is 0 Å². The Morgan fingerprint density at radius 2 is 1.23 bits per heavy atom. The molecule has 3 amide bonds. The molecule has 12 nitrogen and oxygen atoms in total. The number of nitrogens with one attached hydrogen (secondary N) is 3. The summed E-state index contributed by atoms with van der Waals surface area (Å²) in [4.78, 5) is 52.1. The van der Waals surface area contributed by atoms with Gasteiger partial charge in [-0.25, -0.2) is 9.59 Å². The number of carbonyl (C=O) groups is 4. The maximum Gasteiger partial charge on any atom is 0.408 e. The van der Waals surface area contributed by atoms with E-state index in [-0.39, 0.29) is 12.0 Å². The number of nitrogens with two attached hydrogens (primary N) is 2. The summed E-state index contributed by atoms with van der Waals surface area (Å²) in [6.07, 6.45) is 2.49. The normalized spacial score (nSPS) is 13.7. The van der Waals surface area contributed by atoms with Crippen molar-refractivity contribution >= 4 is 23.9 Å². The molecule has 3 atom stereocenters. The van der Waals surface area contributed by atoms with Crippen molar-refractivity contribution in [3.8, 4) is 5.75 Å². The van der Waals surface area contributed by atoms with Gasteiger partial charge in [-0.1, -0.05) is 12.1 Å². The van der Waals surface area contributed by atoms with Crippen molar-refractivity contribution in [3.63, 3.8) is 0 Å². The van der Waals surface area contributed by atoms with Gasteiger partial charge >= 0.3 is 12.1 Å². The Morgan fingerprint density at radius 3 is 1.72 bits per heavy atom. The maximum absolute atomic E-state index is 13.6. The average Bonchev–Trinajstić information content (AvgIpc) is 2.90. The Kier molecular flexibility index (Phi) is 16.0. The molecule has 0 aliphatic rings. The number of unbranched alkanes of at least 4 members (excludes halogenated alkanes) is 2. The monoisotopic (exact) mass is 607 g/mol. The van der Waals surface area contributed by atoms with Crippen molar-refractivity contribution in [1.82, 2.24) is 16.0 Å². The average molecular weight is 608 g/mol. The first-order valence-electron chi connectivity index (χ1n) is 14.9. The largest absolute Gasteiger partial charge is 0.488 e. The first kappa shape index (κ1) is 37.6. The predicted molar refractivity (Wildman–Crippen MR) is 165 cm³/mol. The molecule has 0 aliphatic heterocycles. The Labute approximate surface area is 256 Å². The number of hydrogen-bond acceptors (Lipinski definition) is 9. The molecule has 0 fully saturated rings. The van der Waals surface area contributed by atoms with Crippen LogP contribution in [0.5, 0.6) is 5.75 Å². The molecule has 7 N–H and O–H groups in total. The number of carbonyl (C=O) groups excluding carboxylic acids is 4. The summed E-state index contributed by atoms with van der Waals surface area (Å²) in [5.74, 6) is -1.06. The topological polar surface area (TPSA) is 184 Å². The zero-order chi connectivity index (χ0) is 32.6. The molecular formula is C31H53N5O7. The second kappa shape index (κ2) is 18.3. The van der Waals surface area contributed by atoms with E-state index < -0.39 is 47.6 Å². The summed E-state index contributed by atoms with van der Waals surface area (Å²) >= 11 is 0. The van der Waals surface area contributed by atoms with Gasteiger partial charge in [-0.05, 0) is 111 Å². The van der Waals surface area contributed by atoms with E-state index in [1.165, 1.54) is 7.11 Å². The van der Waals surface area contributed by atoms with Crippen LogP contribution < -0.4 is 32.2 Å². The van der Waals surface area contributed by atoms with Gasteiger partial charge in [-0.3, -0.25) is 9.59 Å². The summed E-state index contributed by atoms with van der Waals surface area (Å²) in [6, 6.07) is 4.25. The minimum Gasteiger partial charge on any atom is -0.488 e. The SMILES string of the molecule is COC(=O)[C@H](CCCCN)NC(=O)[C@H](Cc1ccc(OC(C)(C)C)cc1)NC(=O)[C@H](CCCCN)NC(=O)OC(C)(C)C. The molecule has 0 unspecified atom stereocenters. The third-order valence-corrected chi connectivity index (χ3v) is 6.12. The Bertz CT molecular complexity index is 1020. The van der Waals surface area contributed by atoms with Crippen molar-refractivity contribution in [2.24, 2.45) is 11.5 Å². The van der Waals surface area contributed by atoms with E-state index in [0.717, 1.165) is 5.56 Å². The number of amides is 3. The third kappa shape index (κ3) is 16.2. The quantitative estimate of drug-likeness (QED) is 0.131. The van der Waals surface area contributed by atoms with Crippen LogP contribution in [-0.4, -0.2) is 73.4 Å². The lowest BCUT2D eigenvalue weighted by Crippen LogP contribution is -2.56. The number of rotatable bonds is 17. The highest BCUT2D eigenvalue weighted by molar-refractivity contribution is 5.93. The van der Waals surface area contributed by atoms with Gasteiger partial charge in [0.25, 0.3) is 0 Å². The van der Waals surface area contributed by atoms with Gasteiger partial charge in [-0.15, -0.1) is 0 Å². The lowest BCUT2D eigenvalue weighted by Gasteiger charge is -2.26. The van der Waals surface area contributed by atoms with Crippen LogP contribution in [0.15, 0.2) is 24.3 Å². The lowest BCUT2D eigenvalue weighted by atomic mass is 10.0. The molecule has 0 saturated heterocycles. The Balaban J connectivity index is 3.25. The van der Waals surface area contributed by atoms with E-state index in [9.17, 15) is 19.2 Å². The first-order valence-corrected chi connectivity index (χ1v) is 14.9. The van der Waals surface area contributed by atoms with Crippen molar-refractivity contribution in [1.29, 1.82) is 0 Å². The summed E-state index contributed by atoms with van der Waals surface area (Å²) in [7, 11) is 1.25. The Hall–Kier alpha value is -3.38. The van der Waals surface area contributed by atoms with Gasteiger partial charge in [0.1, 0.15) is 35.1 Å². The second-order valence-corrected chi connectivity index (χ2v) is 12.5. The summed E-state index contributed by atoms with van der Waals surface area (Å²) in [5, 5.41) is 8.15. The smallest absolute Gasteiger partial charge is 0.408 e. The van der Waals surface area contributed by atoms with Crippen molar-refractivity contribution < 1.29 is 33.4 Å². The highest BCUT2D eigenvalue weighted by Gasteiger charge is 2.31. The van der Waals surface area contributed by atoms with Gasteiger partial charge in [0.2, 0.25) is 11.8 Å². The third-order valence-electron chi connectivity index (χ3n) is 6.12. The van der Waals surface area contributed by atoms with Gasteiger partial charge in [-0.2, -0.15) is 0 Å². The molecule has 1 aromatic rings. The van der Waals surface area contributed by atoms with Crippen LogP contribution in [0.4, 0.5) is 4.79 Å². The van der Waals surface area contributed by atoms with Crippen LogP contribution in [0.25, 0.3) is 0 Å². The number of ether oxygens (including phenoxy) is 3. The zero-order valence-electron chi connectivity index (χ0n) is 26.9. The molecule has 1 aromatic carbocycles. The lowest BCUT2D eigenvalue weighted by molar-refractivity contribution is -0.145. The molecule has 0 spiro atoms. The molecule has 244 valence electrons. The fraction of sp³-hybridized carbons (Fsp3) is 0.677.